The highest BCUT2D eigenvalue weighted by Gasteiger charge is 2.37. The quantitative estimate of drug-likeness (QED) is 0.833. The number of fused-ring (bicyclic) bond motifs is 1. The molecule has 23 heavy (non-hydrogen) atoms. The Morgan fingerprint density at radius 2 is 1.74 bits per heavy atom. The summed E-state index contributed by atoms with van der Waals surface area (Å²) in [7, 11) is 1.67. The molecule has 116 valence electrons. The van der Waals surface area contributed by atoms with Gasteiger partial charge >= 0.3 is 0 Å². The number of hydrogen-bond donors (Lipinski definition) is 0. The summed E-state index contributed by atoms with van der Waals surface area (Å²) in [5, 5.41) is 0. The maximum Gasteiger partial charge on any atom is 0.163 e. The first kappa shape index (κ1) is 14.1. The van der Waals surface area contributed by atoms with Gasteiger partial charge in [-0.05, 0) is 18.6 Å². The van der Waals surface area contributed by atoms with Gasteiger partial charge in [0, 0.05) is 35.5 Å². The minimum atomic E-state index is -0.112. The fraction of sp³-hybridized carbons (Fsp3) is 0.250. The molecule has 0 unspecified atom stereocenters. The lowest BCUT2D eigenvalue weighted by Gasteiger charge is -2.33. The van der Waals surface area contributed by atoms with Crippen molar-refractivity contribution in [1.82, 2.24) is 0 Å². The molecule has 0 N–H and O–H groups in total. The minimum Gasteiger partial charge on any atom is -0.496 e. The molecule has 3 heteroatoms. The Hall–Kier alpha value is -2.55. The monoisotopic (exact) mass is 306 g/mol. The van der Waals surface area contributed by atoms with Gasteiger partial charge in [0.2, 0.25) is 0 Å². The molecule has 0 spiro atoms. The molecule has 2 aromatic rings. The Kier molecular flexibility index (Phi) is 3.41. The molecule has 0 amide bonds. The minimum absolute atomic E-state index is 0.112. The van der Waals surface area contributed by atoms with Crippen molar-refractivity contribution in [3.05, 3.63) is 71.0 Å². The first-order valence-corrected chi connectivity index (χ1v) is 7.95. The van der Waals surface area contributed by atoms with Crippen LogP contribution >= 0.6 is 0 Å². The molecular weight excluding hydrogens is 288 g/mol. The van der Waals surface area contributed by atoms with Crippen LogP contribution in [0.1, 0.15) is 36.3 Å². The summed E-state index contributed by atoms with van der Waals surface area (Å²) in [6.07, 6.45) is 2.27. The van der Waals surface area contributed by atoms with Crippen LogP contribution in [-0.2, 0) is 4.79 Å². The summed E-state index contributed by atoms with van der Waals surface area (Å²) in [5.74, 6) is 2.56. The van der Waals surface area contributed by atoms with Gasteiger partial charge in [-0.25, -0.2) is 0 Å². The van der Waals surface area contributed by atoms with Crippen LogP contribution in [0.3, 0.4) is 0 Å². The van der Waals surface area contributed by atoms with E-state index in [1.807, 2.05) is 48.5 Å². The summed E-state index contributed by atoms with van der Waals surface area (Å²) in [6, 6.07) is 15.9. The van der Waals surface area contributed by atoms with Crippen molar-refractivity contribution in [3.63, 3.8) is 0 Å². The molecule has 0 radical (unpaired) electrons. The number of rotatable bonds is 2. The summed E-state index contributed by atoms with van der Waals surface area (Å²) < 4.78 is 11.6. The lowest BCUT2D eigenvalue weighted by Crippen LogP contribution is -2.25. The molecule has 0 fully saturated rings. The highest BCUT2D eigenvalue weighted by Crippen LogP contribution is 2.48. The van der Waals surface area contributed by atoms with E-state index < -0.39 is 0 Å². The number of benzene rings is 2. The maximum atomic E-state index is 12.6. The highest BCUT2D eigenvalue weighted by atomic mass is 16.5. The number of allylic oxidation sites excluding steroid dienone is 2. The Labute approximate surface area is 135 Å². The van der Waals surface area contributed by atoms with Crippen molar-refractivity contribution >= 4 is 5.78 Å². The standard InChI is InChI=1S/C20H18O3/c1-22-16-10-4-2-7-13(16)19-14-8-3-5-11-17(14)23-18-12-6-9-15(21)20(18)19/h2-5,7-8,10-11,19H,6,9,12H2,1H3/t19-/m1/s1. The summed E-state index contributed by atoms with van der Waals surface area (Å²) in [5.41, 5.74) is 2.86. The topological polar surface area (TPSA) is 35.5 Å². The van der Waals surface area contributed by atoms with Crippen molar-refractivity contribution < 1.29 is 14.3 Å². The second-order valence-corrected chi connectivity index (χ2v) is 5.93. The largest absolute Gasteiger partial charge is 0.496 e. The van der Waals surface area contributed by atoms with Crippen molar-refractivity contribution in [2.45, 2.75) is 25.2 Å². The zero-order valence-electron chi connectivity index (χ0n) is 13.0. The Balaban J connectivity index is 1.97. The number of carbonyl (C=O) groups is 1. The predicted octanol–water partition coefficient (Wildman–Crippen LogP) is 4.23. The first-order valence-electron chi connectivity index (χ1n) is 7.95. The molecule has 1 atom stereocenters. The van der Waals surface area contributed by atoms with Crippen LogP contribution in [0.5, 0.6) is 11.5 Å². The average molecular weight is 306 g/mol. The van der Waals surface area contributed by atoms with E-state index in [0.29, 0.717) is 6.42 Å². The molecule has 3 nitrogen and oxygen atoms in total. The highest BCUT2D eigenvalue weighted by molar-refractivity contribution is 5.99. The fourth-order valence-electron chi connectivity index (χ4n) is 3.59. The molecule has 1 aliphatic carbocycles. The van der Waals surface area contributed by atoms with Gasteiger partial charge in [-0.15, -0.1) is 0 Å². The van der Waals surface area contributed by atoms with Gasteiger partial charge in [-0.1, -0.05) is 36.4 Å². The third-order valence-electron chi connectivity index (χ3n) is 4.61. The van der Waals surface area contributed by atoms with E-state index in [-0.39, 0.29) is 11.7 Å². The van der Waals surface area contributed by atoms with Gasteiger partial charge in [0.15, 0.2) is 5.78 Å². The molecule has 0 saturated heterocycles. The average Bonchev–Trinajstić information content (AvgIpc) is 2.60. The lowest BCUT2D eigenvalue weighted by molar-refractivity contribution is -0.116. The van der Waals surface area contributed by atoms with Gasteiger partial charge < -0.3 is 9.47 Å². The molecule has 0 bridgehead atoms. The zero-order chi connectivity index (χ0) is 15.8. The van der Waals surface area contributed by atoms with Crippen LogP contribution < -0.4 is 9.47 Å². The Bertz CT molecular complexity index is 804. The molecule has 0 aromatic heterocycles. The number of hydrogen-bond acceptors (Lipinski definition) is 3. The second-order valence-electron chi connectivity index (χ2n) is 5.93. The van der Waals surface area contributed by atoms with Gasteiger partial charge in [0.25, 0.3) is 0 Å². The number of methoxy groups -OCH3 is 1. The van der Waals surface area contributed by atoms with Crippen LogP contribution in [0.15, 0.2) is 59.9 Å². The van der Waals surface area contributed by atoms with Gasteiger partial charge in [0.05, 0.1) is 7.11 Å². The lowest BCUT2D eigenvalue weighted by atomic mass is 9.77. The fourth-order valence-corrected chi connectivity index (χ4v) is 3.59. The van der Waals surface area contributed by atoms with Crippen LogP contribution in [0, 0.1) is 0 Å². The molecule has 4 rings (SSSR count). The van der Waals surface area contributed by atoms with Gasteiger partial charge in [-0.3, -0.25) is 4.79 Å². The summed E-state index contributed by atoms with van der Waals surface area (Å²) >= 11 is 0. The number of Topliss-reactive ketones (excluding diaryl/α,β-unsaturated/α-hetero) is 1. The summed E-state index contributed by atoms with van der Waals surface area (Å²) in [4.78, 5) is 12.6. The Morgan fingerprint density at radius 3 is 2.57 bits per heavy atom. The van der Waals surface area contributed by atoms with Crippen LogP contribution in [0.4, 0.5) is 0 Å². The third kappa shape index (κ3) is 2.24. The van der Waals surface area contributed by atoms with E-state index in [0.717, 1.165) is 46.8 Å². The van der Waals surface area contributed by atoms with E-state index in [9.17, 15) is 4.79 Å². The smallest absolute Gasteiger partial charge is 0.163 e. The van der Waals surface area contributed by atoms with Gasteiger partial charge in [0.1, 0.15) is 17.3 Å². The van der Waals surface area contributed by atoms with Crippen LogP contribution in [0.2, 0.25) is 0 Å². The van der Waals surface area contributed by atoms with E-state index >= 15 is 0 Å². The van der Waals surface area contributed by atoms with E-state index in [2.05, 4.69) is 0 Å². The van der Waals surface area contributed by atoms with E-state index in [1.54, 1.807) is 7.11 Å². The number of ether oxygens (including phenoxy) is 2. The first-order chi connectivity index (χ1) is 11.3. The molecule has 0 saturated carbocycles. The maximum absolute atomic E-state index is 12.6. The molecular formula is C20H18O3. The van der Waals surface area contributed by atoms with Gasteiger partial charge in [-0.2, -0.15) is 0 Å². The normalized spacial score (nSPS) is 19.7. The number of carbonyl (C=O) groups excluding carboxylic acids is 1. The number of para-hydroxylation sites is 2. The zero-order valence-corrected chi connectivity index (χ0v) is 13.0. The molecule has 2 aromatic carbocycles. The SMILES string of the molecule is COc1ccccc1[C@H]1C2=C(CCCC2=O)Oc2ccccc21. The molecule has 1 aliphatic heterocycles. The predicted molar refractivity (Wildman–Crippen MR) is 87.8 cm³/mol. The third-order valence-corrected chi connectivity index (χ3v) is 4.61. The van der Waals surface area contributed by atoms with E-state index in [4.69, 9.17) is 9.47 Å². The Morgan fingerprint density at radius 1 is 1.00 bits per heavy atom. The van der Waals surface area contributed by atoms with Crippen molar-refractivity contribution in [1.29, 1.82) is 0 Å². The number of ketones is 1. The van der Waals surface area contributed by atoms with Crippen LogP contribution in [-0.4, -0.2) is 12.9 Å². The van der Waals surface area contributed by atoms with Crippen LogP contribution in [0.25, 0.3) is 0 Å². The van der Waals surface area contributed by atoms with Crippen molar-refractivity contribution in [3.8, 4) is 11.5 Å². The molecule has 1 heterocycles. The summed E-state index contributed by atoms with van der Waals surface area (Å²) in [6.45, 7) is 0. The second kappa shape index (κ2) is 5.58. The molecule has 2 aliphatic rings. The van der Waals surface area contributed by atoms with Crippen molar-refractivity contribution in [2.75, 3.05) is 7.11 Å². The van der Waals surface area contributed by atoms with Crippen molar-refractivity contribution in [2.24, 2.45) is 0 Å². The van der Waals surface area contributed by atoms with E-state index in [1.165, 1.54) is 0 Å².